The Hall–Kier alpha value is -1.04. The van der Waals surface area contributed by atoms with Gasteiger partial charge in [0.1, 0.15) is 11.6 Å². The Morgan fingerprint density at radius 2 is 2.00 bits per heavy atom. The highest BCUT2D eigenvalue weighted by atomic mass is 19.1. The van der Waals surface area contributed by atoms with Crippen molar-refractivity contribution in [2.75, 3.05) is 26.3 Å². The lowest BCUT2D eigenvalue weighted by molar-refractivity contribution is 0.0427. The maximum Gasteiger partial charge on any atom is 0.129 e. The molecule has 1 heterocycles. The zero-order valence-corrected chi connectivity index (χ0v) is 12.1. The number of piperidine rings is 1. The summed E-state index contributed by atoms with van der Waals surface area (Å²) in [5.74, 6) is -0.608. The molecule has 2 N–H and O–H groups in total. The molecule has 0 aliphatic carbocycles. The molecule has 1 saturated heterocycles. The summed E-state index contributed by atoms with van der Waals surface area (Å²) >= 11 is 0. The first-order valence-corrected chi connectivity index (χ1v) is 7.53. The van der Waals surface area contributed by atoms with Gasteiger partial charge in [0.05, 0.1) is 19.3 Å². The Kier molecular flexibility index (Phi) is 6.08. The summed E-state index contributed by atoms with van der Waals surface area (Å²) in [5, 5.41) is 18.5. The second-order valence-electron chi connectivity index (χ2n) is 5.80. The highest BCUT2D eigenvalue weighted by molar-refractivity contribution is 5.18. The van der Waals surface area contributed by atoms with Crippen molar-refractivity contribution in [3.05, 3.63) is 35.4 Å². The Morgan fingerprint density at radius 1 is 1.24 bits per heavy atom. The molecule has 1 aliphatic rings. The molecule has 0 saturated carbocycles. The zero-order valence-electron chi connectivity index (χ0n) is 12.1. The van der Waals surface area contributed by atoms with E-state index in [0.717, 1.165) is 38.4 Å². The summed E-state index contributed by atoms with van der Waals surface area (Å²) < 4.78 is 26.5. The lowest BCUT2D eigenvalue weighted by Gasteiger charge is -2.37. The molecule has 0 spiro atoms. The zero-order chi connectivity index (χ0) is 15.2. The molecular weight excluding hydrogens is 276 g/mol. The average molecular weight is 299 g/mol. The summed E-state index contributed by atoms with van der Waals surface area (Å²) in [6, 6.07) is 3.53. The Labute approximate surface area is 124 Å². The fourth-order valence-corrected chi connectivity index (χ4v) is 3.04. The number of benzene rings is 1. The van der Waals surface area contributed by atoms with E-state index in [1.54, 1.807) is 0 Å². The van der Waals surface area contributed by atoms with Gasteiger partial charge in [-0.2, -0.15) is 0 Å². The van der Waals surface area contributed by atoms with Crippen LogP contribution in [0, 0.1) is 17.6 Å². The number of hydrogen-bond donors (Lipinski definition) is 2. The van der Waals surface area contributed by atoms with Gasteiger partial charge in [-0.25, -0.2) is 8.78 Å². The van der Waals surface area contributed by atoms with Gasteiger partial charge in [-0.1, -0.05) is 6.07 Å². The van der Waals surface area contributed by atoms with E-state index in [4.69, 9.17) is 0 Å². The highest BCUT2D eigenvalue weighted by Crippen LogP contribution is 2.23. The van der Waals surface area contributed by atoms with E-state index in [0.29, 0.717) is 17.9 Å². The molecule has 1 atom stereocenters. The van der Waals surface area contributed by atoms with Crippen molar-refractivity contribution in [3.8, 4) is 0 Å². The first kappa shape index (κ1) is 16.3. The molecule has 5 heteroatoms. The van der Waals surface area contributed by atoms with Crippen LogP contribution in [0.2, 0.25) is 0 Å². The Balaban J connectivity index is 1.88. The third kappa shape index (κ3) is 4.46. The van der Waals surface area contributed by atoms with Crippen molar-refractivity contribution < 1.29 is 19.0 Å². The van der Waals surface area contributed by atoms with E-state index in [1.165, 1.54) is 12.1 Å². The molecular formula is C16H23F2NO2. The molecule has 0 radical (unpaired) electrons. The smallest absolute Gasteiger partial charge is 0.129 e. The standard InChI is InChI=1S/C16H23F2NO2/c17-14-6-5-13(16(18)8-14)4-3-12-2-1-7-19(9-12)15(10-20)11-21/h5-6,8,12,15,20-21H,1-4,7,9-11H2/t12-/m0/s1. The number of halogens is 2. The van der Waals surface area contributed by atoms with Crippen molar-refractivity contribution in [2.24, 2.45) is 5.92 Å². The third-order valence-electron chi connectivity index (χ3n) is 4.33. The van der Waals surface area contributed by atoms with Crippen molar-refractivity contribution in [2.45, 2.75) is 31.7 Å². The predicted octanol–water partition coefficient (Wildman–Crippen LogP) is 1.96. The third-order valence-corrected chi connectivity index (χ3v) is 4.33. The van der Waals surface area contributed by atoms with Crippen LogP contribution in [0.1, 0.15) is 24.8 Å². The molecule has 0 amide bonds. The summed E-state index contributed by atoms with van der Waals surface area (Å²) in [4.78, 5) is 2.11. The molecule has 0 aromatic heterocycles. The lowest BCUT2D eigenvalue weighted by Crippen LogP contribution is -2.46. The van der Waals surface area contributed by atoms with Gasteiger partial charge in [-0.3, -0.25) is 4.90 Å². The van der Waals surface area contributed by atoms with E-state index in [-0.39, 0.29) is 19.3 Å². The minimum Gasteiger partial charge on any atom is -0.395 e. The van der Waals surface area contributed by atoms with Gasteiger partial charge in [0.15, 0.2) is 0 Å². The van der Waals surface area contributed by atoms with Crippen molar-refractivity contribution >= 4 is 0 Å². The number of likely N-dealkylation sites (tertiary alicyclic amines) is 1. The average Bonchev–Trinajstić information content (AvgIpc) is 2.48. The molecule has 0 unspecified atom stereocenters. The van der Waals surface area contributed by atoms with Crippen LogP contribution in [0.25, 0.3) is 0 Å². The van der Waals surface area contributed by atoms with Crippen LogP contribution in [0.4, 0.5) is 8.78 Å². The lowest BCUT2D eigenvalue weighted by atomic mass is 9.91. The Morgan fingerprint density at radius 3 is 2.67 bits per heavy atom. The quantitative estimate of drug-likeness (QED) is 0.844. The van der Waals surface area contributed by atoms with Crippen LogP contribution < -0.4 is 0 Å². The first-order valence-electron chi connectivity index (χ1n) is 7.53. The molecule has 1 aromatic carbocycles. The van der Waals surface area contributed by atoms with Crippen molar-refractivity contribution in [1.82, 2.24) is 4.90 Å². The van der Waals surface area contributed by atoms with Gasteiger partial charge >= 0.3 is 0 Å². The van der Waals surface area contributed by atoms with Gasteiger partial charge < -0.3 is 10.2 Å². The van der Waals surface area contributed by atoms with E-state index < -0.39 is 11.6 Å². The van der Waals surface area contributed by atoms with E-state index in [1.807, 2.05) is 0 Å². The van der Waals surface area contributed by atoms with Gasteiger partial charge in [0, 0.05) is 12.6 Å². The number of aliphatic hydroxyl groups excluding tert-OH is 2. The van der Waals surface area contributed by atoms with Crippen LogP contribution >= 0.6 is 0 Å². The van der Waals surface area contributed by atoms with E-state index in [2.05, 4.69) is 4.90 Å². The number of hydrogen-bond acceptors (Lipinski definition) is 3. The van der Waals surface area contributed by atoms with Crippen LogP contribution in [-0.4, -0.2) is 47.5 Å². The van der Waals surface area contributed by atoms with Crippen LogP contribution in [0.5, 0.6) is 0 Å². The van der Waals surface area contributed by atoms with Gasteiger partial charge in [0.25, 0.3) is 0 Å². The monoisotopic (exact) mass is 299 g/mol. The Bertz CT molecular complexity index is 452. The maximum atomic E-state index is 13.6. The molecule has 0 bridgehead atoms. The second kappa shape index (κ2) is 7.82. The van der Waals surface area contributed by atoms with Gasteiger partial charge in [0.2, 0.25) is 0 Å². The first-order chi connectivity index (χ1) is 10.1. The van der Waals surface area contributed by atoms with Crippen LogP contribution in [0.15, 0.2) is 18.2 Å². The van der Waals surface area contributed by atoms with Crippen molar-refractivity contribution in [3.63, 3.8) is 0 Å². The van der Waals surface area contributed by atoms with Crippen molar-refractivity contribution in [1.29, 1.82) is 0 Å². The molecule has 2 rings (SSSR count). The van der Waals surface area contributed by atoms with E-state index >= 15 is 0 Å². The van der Waals surface area contributed by atoms with E-state index in [9.17, 15) is 19.0 Å². The number of nitrogens with zero attached hydrogens (tertiary/aromatic N) is 1. The SMILES string of the molecule is OCC(CO)N1CCC[C@@H](CCc2ccc(F)cc2F)C1. The normalized spacial score (nSPS) is 20.1. The number of rotatable bonds is 6. The summed E-state index contributed by atoms with van der Waals surface area (Å²) in [7, 11) is 0. The minimum atomic E-state index is -0.547. The predicted molar refractivity (Wildman–Crippen MR) is 76.9 cm³/mol. The van der Waals surface area contributed by atoms with Crippen LogP contribution in [0.3, 0.4) is 0 Å². The maximum absolute atomic E-state index is 13.6. The molecule has 3 nitrogen and oxygen atoms in total. The van der Waals surface area contributed by atoms with Gasteiger partial charge in [-0.05, 0) is 49.8 Å². The molecule has 118 valence electrons. The fourth-order valence-electron chi connectivity index (χ4n) is 3.04. The molecule has 1 aromatic rings. The number of aryl methyl sites for hydroxylation is 1. The second-order valence-corrected chi connectivity index (χ2v) is 5.80. The molecule has 1 aliphatic heterocycles. The molecule has 21 heavy (non-hydrogen) atoms. The highest BCUT2D eigenvalue weighted by Gasteiger charge is 2.25. The largest absolute Gasteiger partial charge is 0.395 e. The van der Waals surface area contributed by atoms with Crippen LogP contribution in [-0.2, 0) is 6.42 Å². The number of aliphatic hydroxyl groups is 2. The molecule has 1 fully saturated rings. The summed E-state index contributed by atoms with van der Waals surface area (Å²) in [5.41, 5.74) is 0.550. The fraction of sp³-hybridized carbons (Fsp3) is 0.625. The topological polar surface area (TPSA) is 43.7 Å². The van der Waals surface area contributed by atoms with Gasteiger partial charge in [-0.15, -0.1) is 0 Å². The minimum absolute atomic E-state index is 0.0458. The summed E-state index contributed by atoms with van der Waals surface area (Å²) in [6.07, 6.45) is 3.52. The summed E-state index contributed by atoms with van der Waals surface area (Å²) in [6.45, 7) is 1.60.